The number of hydrogen-bond acceptors (Lipinski definition) is 2. The van der Waals surface area contributed by atoms with Gasteiger partial charge in [0, 0.05) is 5.75 Å². The fourth-order valence-electron chi connectivity index (χ4n) is 2.34. The van der Waals surface area contributed by atoms with Crippen LogP contribution < -0.4 is 28.5 Å². The molecule has 0 spiro atoms. The molecule has 0 aliphatic carbocycles. The molecule has 0 saturated heterocycles. The number of nitrogens with zero attached hydrogens (tertiary/aromatic N) is 2. The van der Waals surface area contributed by atoms with Gasteiger partial charge < -0.3 is 29.1 Å². The molecule has 1 aliphatic rings. The predicted octanol–water partition coefficient (Wildman–Crippen LogP) is -1.58. The Hall–Kier alpha value is -0.270. The number of fused-ring (bicyclic) bond motifs is 3. The summed E-state index contributed by atoms with van der Waals surface area (Å²) in [4.78, 5) is 0. The summed E-state index contributed by atoms with van der Waals surface area (Å²) in [6.07, 6.45) is -0.224. The van der Waals surface area contributed by atoms with Crippen LogP contribution in [-0.2, 0) is 13.1 Å². The maximum Gasteiger partial charge on any atom is 0.319 e. The van der Waals surface area contributed by atoms with E-state index in [0.29, 0.717) is 0 Å². The van der Waals surface area contributed by atoms with E-state index in [1.165, 1.54) is 16.2 Å². The second-order valence-electron chi connectivity index (χ2n) is 4.09. The van der Waals surface area contributed by atoms with Crippen LogP contribution in [0.5, 0.6) is 0 Å². The third kappa shape index (κ3) is 2.08. The average molecular weight is 362 g/mol. The molecule has 3 rings (SSSR count). The van der Waals surface area contributed by atoms with Gasteiger partial charge in [-0.15, -0.1) is 0 Å². The molecule has 0 fully saturated rings. The van der Waals surface area contributed by atoms with Gasteiger partial charge in [0.25, 0.3) is 0 Å². The summed E-state index contributed by atoms with van der Waals surface area (Å²) < 4.78 is 4.56. The minimum absolute atomic E-state index is 0. The molecule has 0 radical (unpaired) electrons. The first-order valence-corrected chi connectivity index (χ1v) is 6.61. The molecular formula is C12H15IN2OS. The first-order valence-electron chi connectivity index (χ1n) is 5.63. The third-order valence-electron chi connectivity index (χ3n) is 3.04. The van der Waals surface area contributed by atoms with Gasteiger partial charge in [-0.1, -0.05) is 12.1 Å². The van der Waals surface area contributed by atoms with Crippen molar-refractivity contribution in [3.8, 4) is 0 Å². The Morgan fingerprint density at radius 1 is 1.47 bits per heavy atom. The van der Waals surface area contributed by atoms with Crippen molar-refractivity contribution < 1.29 is 33.7 Å². The highest BCUT2D eigenvalue weighted by Gasteiger charge is 2.30. The molecule has 5 heteroatoms. The summed E-state index contributed by atoms with van der Waals surface area (Å²) in [5.41, 5.74) is 2.49. The molecule has 1 unspecified atom stereocenters. The number of halogens is 1. The van der Waals surface area contributed by atoms with E-state index < -0.39 is 0 Å². The highest BCUT2D eigenvalue weighted by molar-refractivity contribution is 7.99. The summed E-state index contributed by atoms with van der Waals surface area (Å²) >= 11 is 1.75. The zero-order valence-corrected chi connectivity index (χ0v) is 12.6. The van der Waals surface area contributed by atoms with Crippen LogP contribution in [0.1, 0.15) is 6.92 Å². The van der Waals surface area contributed by atoms with E-state index in [1.54, 1.807) is 11.8 Å². The molecule has 92 valence electrons. The van der Waals surface area contributed by atoms with E-state index in [4.69, 9.17) is 0 Å². The number of benzene rings is 1. The van der Waals surface area contributed by atoms with Gasteiger partial charge in [0.05, 0.1) is 6.54 Å². The Bertz CT molecular complexity index is 541. The molecule has 1 N–H and O–H groups in total. The Morgan fingerprint density at radius 3 is 3.00 bits per heavy atom. The van der Waals surface area contributed by atoms with Gasteiger partial charge in [-0.2, -0.15) is 0 Å². The van der Waals surface area contributed by atoms with Crippen molar-refractivity contribution in [2.24, 2.45) is 0 Å². The minimum atomic E-state index is -0.224. The number of aliphatic hydroxyl groups excluding tert-OH is 1. The molecule has 1 aromatic heterocycles. The van der Waals surface area contributed by atoms with Crippen LogP contribution in [-0.4, -0.2) is 21.5 Å². The number of para-hydroxylation sites is 2. The van der Waals surface area contributed by atoms with Gasteiger partial charge in [0.15, 0.2) is 11.0 Å². The van der Waals surface area contributed by atoms with Crippen molar-refractivity contribution in [3.05, 3.63) is 24.3 Å². The van der Waals surface area contributed by atoms with Crippen LogP contribution in [0.15, 0.2) is 29.4 Å². The lowest BCUT2D eigenvalue weighted by molar-refractivity contribution is -0.718. The van der Waals surface area contributed by atoms with Crippen LogP contribution in [0.4, 0.5) is 0 Å². The fourth-order valence-corrected chi connectivity index (χ4v) is 3.50. The lowest BCUT2D eigenvalue weighted by Crippen LogP contribution is -3.00. The van der Waals surface area contributed by atoms with Gasteiger partial charge >= 0.3 is 5.16 Å². The van der Waals surface area contributed by atoms with Gasteiger partial charge in [0.1, 0.15) is 12.6 Å². The summed E-state index contributed by atoms with van der Waals surface area (Å²) in [5, 5.41) is 11.0. The number of aryl methyl sites for hydroxylation is 1. The number of aromatic nitrogens is 2. The number of imidazole rings is 1. The Morgan fingerprint density at radius 2 is 2.24 bits per heavy atom. The molecule has 1 aliphatic heterocycles. The smallest absolute Gasteiger partial charge is 0.319 e. The van der Waals surface area contributed by atoms with E-state index in [9.17, 15) is 5.11 Å². The molecule has 0 saturated carbocycles. The summed E-state index contributed by atoms with van der Waals surface area (Å²) in [5.74, 6) is 0.802. The molecular weight excluding hydrogens is 347 g/mol. The van der Waals surface area contributed by atoms with E-state index >= 15 is 0 Å². The molecule has 1 aromatic carbocycles. The van der Waals surface area contributed by atoms with E-state index in [0.717, 1.165) is 18.8 Å². The van der Waals surface area contributed by atoms with Crippen molar-refractivity contribution in [1.29, 1.82) is 0 Å². The van der Waals surface area contributed by atoms with Gasteiger partial charge in [-0.25, -0.2) is 9.13 Å². The van der Waals surface area contributed by atoms with E-state index in [2.05, 4.69) is 40.3 Å². The van der Waals surface area contributed by atoms with Gasteiger partial charge in [0.2, 0.25) is 0 Å². The van der Waals surface area contributed by atoms with Crippen LogP contribution in [0.25, 0.3) is 11.0 Å². The van der Waals surface area contributed by atoms with Gasteiger partial charge in [-0.3, -0.25) is 0 Å². The Kier molecular flexibility index (Phi) is 3.99. The number of aliphatic hydroxyl groups is 1. The zero-order chi connectivity index (χ0) is 11.1. The number of thioether (sulfide) groups is 1. The standard InChI is InChI=1S/C12H15N2OS.HI/c1-2-13-10-5-3-4-6-11(10)14-7-9(15)8-16-12(13)14;/h3-6,9,15H,2,7-8H2,1H3;1H/q+1;/p-1. The second kappa shape index (κ2) is 5.16. The molecule has 3 nitrogen and oxygen atoms in total. The van der Waals surface area contributed by atoms with Crippen LogP contribution in [0.2, 0.25) is 0 Å². The maximum absolute atomic E-state index is 9.75. The van der Waals surface area contributed by atoms with Gasteiger partial charge in [-0.05, 0) is 30.8 Å². The third-order valence-corrected chi connectivity index (χ3v) is 4.29. The molecule has 17 heavy (non-hydrogen) atoms. The van der Waals surface area contributed by atoms with Crippen LogP contribution in [0.3, 0.4) is 0 Å². The molecule has 0 bridgehead atoms. The predicted molar refractivity (Wildman–Crippen MR) is 64.5 cm³/mol. The molecule has 0 amide bonds. The zero-order valence-electron chi connectivity index (χ0n) is 9.64. The SMILES string of the molecule is CCn1c2[n+](c3ccccc31)CC(O)CS2.[I-]. The lowest BCUT2D eigenvalue weighted by Gasteiger charge is -2.14. The first kappa shape index (κ1) is 13.2. The quantitative estimate of drug-likeness (QED) is 0.490. The normalized spacial score (nSPS) is 18.8. The average Bonchev–Trinajstić information content (AvgIpc) is 2.62. The minimum Gasteiger partial charge on any atom is -1.00 e. The Labute approximate surface area is 122 Å². The van der Waals surface area contributed by atoms with Crippen molar-refractivity contribution in [2.45, 2.75) is 31.3 Å². The maximum atomic E-state index is 9.75. The lowest BCUT2D eigenvalue weighted by atomic mass is 10.3. The van der Waals surface area contributed by atoms with E-state index in [-0.39, 0.29) is 30.1 Å². The van der Waals surface area contributed by atoms with Crippen LogP contribution >= 0.6 is 11.8 Å². The topological polar surface area (TPSA) is 29.0 Å². The summed E-state index contributed by atoms with van der Waals surface area (Å²) in [7, 11) is 0. The first-order chi connectivity index (χ1) is 7.81. The second-order valence-corrected chi connectivity index (χ2v) is 5.08. The highest BCUT2D eigenvalue weighted by atomic mass is 127. The van der Waals surface area contributed by atoms with Crippen LogP contribution in [0, 0.1) is 0 Å². The van der Waals surface area contributed by atoms with Crippen molar-refractivity contribution in [2.75, 3.05) is 5.75 Å². The summed E-state index contributed by atoms with van der Waals surface area (Å²) in [6, 6.07) is 8.41. The molecule has 1 atom stereocenters. The fraction of sp³-hybridized carbons (Fsp3) is 0.417. The Balaban J connectivity index is 0.00000108. The number of rotatable bonds is 1. The largest absolute Gasteiger partial charge is 1.00 e. The number of hydrogen-bond donors (Lipinski definition) is 1. The molecule has 2 heterocycles. The van der Waals surface area contributed by atoms with Crippen molar-refractivity contribution in [1.82, 2.24) is 4.57 Å². The highest BCUT2D eigenvalue weighted by Crippen LogP contribution is 2.26. The van der Waals surface area contributed by atoms with Crippen molar-refractivity contribution >= 4 is 22.8 Å². The van der Waals surface area contributed by atoms with Crippen molar-refractivity contribution in [3.63, 3.8) is 0 Å². The summed E-state index contributed by atoms with van der Waals surface area (Å²) in [6.45, 7) is 3.86. The molecule has 2 aromatic rings. The van der Waals surface area contributed by atoms with E-state index in [1.807, 2.05) is 0 Å². The monoisotopic (exact) mass is 362 g/mol.